The number of rotatable bonds is 5. The van der Waals surface area contributed by atoms with Crippen molar-refractivity contribution in [2.24, 2.45) is 5.73 Å². The summed E-state index contributed by atoms with van der Waals surface area (Å²) in [6, 6.07) is 10.2. The molecule has 3 aromatic rings. The molecule has 0 saturated carbocycles. The third kappa shape index (κ3) is 4.13. The number of benzene rings is 2. The van der Waals surface area contributed by atoms with Gasteiger partial charge in [-0.25, -0.2) is 4.39 Å². The molecule has 2 amide bonds. The van der Waals surface area contributed by atoms with Gasteiger partial charge in [-0.3, -0.25) is 14.7 Å². The van der Waals surface area contributed by atoms with Crippen molar-refractivity contribution in [1.82, 2.24) is 15.1 Å². The zero-order valence-electron chi connectivity index (χ0n) is 15.9. The molecule has 1 aliphatic heterocycles. The third-order valence-electron chi connectivity index (χ3n) is 5.53. The number of hydrogen-bond donors (Lipinski definition) is 2. The predicted molar refractivity (Wildman–Crippen MR) is 108 cm³/mol. The number of primary amides is 1. The molecule has 29 heavy (non-hydrogen) atoms. The lowest BCUT2D eigenvalue weighted by molar-refractivity contribution is -0.128. The number of hydrogen-bond acceptors (Lipinski definition) is 3. The lowest BCUT2D eigenvalue weighted by Gasteiger charge is -2.32. The first kappa shape index (κ1) is 19.1. The Morgan fingerprint density at radius 3 is 2.62 bits per heavy atom. The van der Waals surface area contributed by atoms with Crippen molar-refractivity contribution in [2.75, 3.05) is 13.1 Å². The van der Waals surface area contributed by atoms with Gasteiger partial charge in [-0.2, -0.15) is 5.10 Å². The average Bonchev–Trinajstić information content (AvgIpc) is 3.20. The maximum absolute atomic E-state index is 13.1. The minimum absolute atomic E-state index is 0.0181. The molecular formula is C22H22FN4O2. The van der Waals surface area contributed by atoms with Crippen molar-refractivity contribution in [1.29, 1.82) is 0 Å². The van der Waals surface area contributed by atoms with Gasteiger partial charge in [0.05, 0.1) is 23.7 Å². The molecule has 2 heterocycles. The maximum atomic E-state index is 13.1. The molecule has 0 spiro atoms. The van der Waals surface area contributed by atoms with Gasteiger partial charge in [0.15, 0.2) is 0 Å². The van der Waals surface area contributed by atoms with Gasteiger partial charge in [-0.15, -0.1) is 0 Å². The number of aromatic nitrogens is 2. The first-order valence-electron chi connectivity index (χ1n) is 9.64. The number of H-pyrrole nitrogens is 1. The molecule has 1 fully saturated rings. The van der Waals surface area contributed by atoms with Crippen LogP contribution in [0.2, 0.25) is 0 Å². The van der Waals surface area contributed by atoms with E-state index in [0.717, 1.165) is 29.4 Å². The lowest BCUT2D eigenvalue weighted by Crippen LogP contribution is -2.38. The van der Waals surface area contributed by atoms with E-state index >= 15 is 0 Å². The number of nitrogens with zero attached hydrogens (tertiary/aromatic N) is 2. The summed E-state index contributed by atoms with van der Waals surface area (Å²) in [4.78, 5) is 26.1. The molecule has 2 aromatic carbocycles. The highest BCUT2D eigenvalue weighted by molar-refractivity contribution is 6.05. The van der Waals surface area contributed by atoms with Gasteiger partial charge < -0.3 is 10.6 Å². The van der Waals surface area contributed by atoms with Crippen LogP contribution in [-0.2, 0) is 11.2 Å². The van der Waals surface area contributed by atoms with Crippen molar-refractivity contribution in [3.05, 3.63) is 71.5 Å². The van der Waals surface area contributed by atoms with Crippen LogP contribution < -0.4 is 5.73 Å². The smallest absolute Gasteiger partial charge is 0.250 e. The summed E-state index contributed by atoms with van der Waals surface area (Å²) in [7, 11) is 0. The van der Waals surface area contributed by atoms with E-state index in [1.807, 2.05) is 23.1 Å². The van der Waals surface area contributed by atoms with E-state index in [4.69, 9.17) is 5.73 Å². The molecular weight excluding hydrogens is 371 g/mol. The Kier molecular flexibility index (Phi) is 5.29. The molecule has 0 atom stereocenters. The number of amides is 2. The summed E-state index contributed by atoms with van der Waals surface area (Å²) in [5, 5.41) is 7.52. The third-order valence-corrected chi connectivity index (χ3v) is 5.53. The van der Waals surface area contributed by atoms with Crippen LogP contribution in [-0.4, -0.2) is 40.0 Å². The number of likely N-dealkylation sites (tertiary alicyclic amines) is 1. The Labute approximate surface area is 167 Å². The average molecular weight is 393 g/mol. The summed E-state index contributed by atoms with van der Waals surface area (Å²) in [5.41, 5.74) is 8.39. The highest BCUT2D eigenvalue weighted by Gasteiger charge is 2.24. The van der Waals surface area contributed by atoms with Crippen LogP contribution in [0.4, 0.5) is 4.39 Å². The molecule has 149 valence electrons. The standard InChI is InChI=1S/C22H22FN4O2/c23-18-4-2-15(3-5-18)16-7-9-27(10-8-16)20(28)6-1-14-11-17-13-25-26-21(17)19(12-14)22(24)29/h2-6,11-13,16H,1,7-10H2,(H2,24,29)(H,25,26). The summed E-state index contributed by atoms with van der Waals surface area (Å²) in [6.45, 7) is 1.34. The van der Waals surface area contributed by atoms with E-state index in [0.29, 0.717) is 36.5 Å². The number of piperidine rings is 1. The van der Waals surface area contributed by atoms with Crippen molar-refractivity contribution in [3.63, 3.8) is 0 Å². The van der Waals surface area contributed by atoms with E-state index in [1.165, 1.54) is 12.1 Å². The zero-order chi connectivity index (χ0) is 20.4. The fourth-order valence-corrected chi connectivity index (χ4v) is 3.93. The topological polar surface area (TPSA) is 92.1 Å². The normalized spacial score (nSPS) is 15.0. The Morgan fingerprint density at radius 1 is 1.21 bits per heavy atom. The van der Waals surface area contributed by atoms with Crippen LogP contribution in [0.1, 0.15) is 40.2 Å². The molecule has 1 aromatic heterocycles. The first-order valence-corrected chi connectivity index (χ1v) is 9.64. The van der Waals surface area contributed by atoms with Gasteiger partial charge in [-0.1, -0.05) is 12.1 Å². The Balaban J connectivity index is 1.35. The number of aromatic amines is 1. The van der Waals surface area contributed by atoms with Gasteiger partial charge in [-0.05, 0) is 60.6 Å². The quantitative estimate of drug-likeness (QED) is 0.698. The maximum Gasteiger partial charge on any atom is 0.250 e. The number of carbonyl (C=O) groups excluding carboxylic acids is 2. The van der Waals surface area contributed by atoms with E-state index < -0.39 is 5.91 Å². The minimum Gasteiger partial charge on any atom is -0.366 e. The molecule has 1 aliphatic rings. The monoisotopic (exact) mass is 393 g/mol. The van der Waals surface area contributed by atoms with Crippen LogP contribution in [0.15, 0.2) is 42.6 Å². The molecule has 3 N–H and O–H groups in total. The summed E-state index contributed by atoms with van der Waals surface area (Å²) < 4.78 is 13.1. The van der Waals surface area contributed by atoms with Crippen LogP contribution in [0.3, 0.4) is 0 Å². The molecule has 1 saturated heterocycles. The second-order valence-electron chi connectivity index (χ2n) is 7.40. The highest BCUT2D eigenvalue weighted by Crippen LogP contribution is 2.28. The summed E-state index contributed by atoms with van der Waals surface area (Å²) in [6.07, 6.45) is 5.41. The molecule has 7 heteroatoms. The summed E-state index contributed by atoms with van der Waals surface area (Å²) in [5.74, 6) is -0.434. The number of fused-ring (bicyclic) bond motifs is 1. The lowest BCUT2D eigenvalue weighted by atomic mass is 9.89. The van der Waals surface area contributed by atoms with Gasteiger partial charge in [0.1, 0.15) is 5.82 Å². The number of nitrogens with one attached hydrogen (secondary N) is 1. The van der Waals surface area contributed by atoms with Crippen molar-refractivity contribution < 1.29 is 14.0 Å². The van der Waals surface area contributed by atoms with Crippen LogP contribution in [0.5, 0.6) is 0 Å². The molecule has 0 unspecified atom stereocenters. The van der Waals surface area contributed by atoms with Crippen molar-refractivity contribution >= 4 is 22.7 Å². The molecule has 0 aliphatic carbocycles. The van der Waals surface area contributed by atoms with Crippen LogP contribution in [0, 0.1) is 12.2 Å². The minimum atomic E-state index is -0.532. The first-order chi connectivity index (χ1) is 14.0. The predicted octanol–water partition coefficient (Wildman–Crippen LogP) is 2.95. The summed E-state index contributed by atoms with van der Waals surface area (Å²) >= 11 is 0. The molecule has 4 rings (SSSR count). The van der Waals surface area contributed by atoms with Crippen molar-refractivity contribution in [2.45, 2.75) is 25.2 Å². The van der Waals surface area contributed by atoms with E-state index in [1.54, 1.807) is 18.7 Å². The Bertz CT molecular complexity index is 1040. The SMILES string of the molecule is NC(=O)c1cc(C[CH]C(=O)N2CCC(c3ccc(F)cc3)CC2)cc2cn[nH]c12. The van der Waals surface area contributed by atoms with Gasteiger partial charge in [0, 0.05) is 18.5 Å². The largest absolute Gasteiger partial charge is 0.366 e. The molecule has 0 bridgehead atoms. The fourth-order valence-electron chi connectivity index (χ4n) is 3.93. The van der Waals surface area contributed by atoms with Crippen LogP contribution >= 0.6 is 0 Å². The fraction of sp³-hybridized carbons (Fsp3) is 0.273. The Hall–Kier alpha value is -3.22. The second kappa shape index (κ2) is 8.03. The van der Waals surface area contributed by atoms with Crippen LogP contribution in [0.25, 0.3) is 10.9 Å². The van der Waals surface area contributed by atoms with Crippen molar-refractivity contribution in [3.8, 4) is 0 Å². The van der Waals surface area contributed by atoms with E-state index in [-0.39, 0.29) is 11.7 Å². The van der Waals surface area contributed by atoms with E-state index in [2.05, 4.69) is 10.2 Å². The highest BCUT2D eigenvalue weighted by atomic mass is 19.1. The van der Waals surface area contributed by atoms with Gasteiger partial charge >= 0.3 is 0 Å². The molecule has 6 nitrogen and oxygen atoms in total. The number of halogens is 1. The van der Waals surface area contributed by atoms with Gasteiger partial charge in [0.2, 0.25) is 5.91 Å². The Morgan fingerprint density at radius 2 is 1.93 bits per heavy atom. The number of nitrogens with two attached hydrogens (primary N) is 1. The molecule has 1 radical (unpaired) electrons. The second-order valence-corrected chi connectivity index (χ2v) is 7.40. The van der Waals surface area contributed by atoms with Gasteiger partial charge in [0.25, 0.3) is 5.91 Å². The van der Waals surface area contributed by atoms with E-state index in [9.17, 15) is 14.0 Å². The zero-order valence-corrected chi connectivity index (χ0v) is 15.9. The number of carbonyl (C=O) groups is 2.